The molecule has 4 fully saturated rings. The number of ether oxygens (including phenoxy) is 1. The third kappa shape index (κ3) is 3.37. The minimum Gasteiger partial charge on any atom is -0.480 e. The molecule has 4 aliphatic carbocycles. The number of alkyl carbamates (subject to hydrolysis) is 1. The highest BCUT2D eigenvalue weighted by Crippen LogP contribution is 2.57. The molecule has 1 amide bonds. The molecule has 0 saturated heterocycles. The molecular weight excluding hydrogens is 318 g/mol. The highest BCUT2D eigenvalue weighted by Gasteiger charge is 2.52. The van der Waals surface area contributed by atoms with Crippen molar-refractivity contribution in [2.45, 2.75) is 44.8 Å². The van der Waals surface area contributed by atoms with Gasteiger partial charge in [-0.3, -0.25) is 0 Å². The Morgan fingerprint density at radius 2 is 1.64 bits per heavy atom. The van der Waals surface area contributed by atoms with E-state index in [1.54, 1.807) is 0 Å². The second kappa shape index (κ2) is 6.70. The molecule has 5 nitrogen and oxygen atoms in total. The second-order valence-corrected chi connectivity index (χ2v) is 8.03. The summed E-state index contributed by atoms with van der Waals surface area (Å²) in [6.45, 7) is 0.153. The fourth-order valence-electron chi connectivity index (χ4n) is 5.73. The zero-order valence-corrected chi connectivity index (χ0v) is 14.3. The number of benzene rings is 1. The van der Waals surface area contributed by atoms with E-state index in [0.29, 0.717) is 11.8 Å². The molecule has 5 rings (SSSR count). The van der Waals surface area contributed by atoms with Gasteiger partial charge in [0.25, 0.3) is 0 Å². The van der Waals surface area contributed by atoms with Crippen LogP contribution in [0.4, 0.5) is 4.79 Å². The van der Waals surface area contributed by atoms with Crippen LogP contribution in [0.3, 0.4) is 0 Å². The van der Waals surface area contributed by atoms with Crippen LogP contribution in [-0.4, -0.2) is 23.2 Å². The predicted octanol–water partition coefficient (Wildman–Crippen LogP) is 3.44. The molecule has 0 spiro atoms. The lowest BCUT2D eigenvalue weighted by molar-refractivity contribution is -0.146. The van der Waals surface area contributed by atoms with Crippen LogP contribution in [0, 0.1) is 29.6 Å². The van der Waals surface area contributed by atoms with E-state index in [9.17, 15) is 14.7 Å². The summed E-state index contributed by atoms with van der Waals surface area (Å²) < 4.78 is 5.24. The number of nitrogens with one attached hydrogen (secondary N) is 1. The molecule has 2 N–H and O–H groups in total. The van der Waals surface area contributed by atoms with Crippen LogP contribution in [0.5, 0.6) is 0 Å². The molecule has 0 aliphatic heterocycles. The van der Waals surface area contributed by atoms with Crippen LogP contribution >= 0.6 is 0 Å². The summed E-state index contributed by atoms with van der Waals surface area (Å²) in [5.41, 5.74) is 0.888. The molecule has 5 heteroatoms. The lowest BCUT2D eigenvalue weighted by Gasteiger charge is -2.55. The molecule has 134 valence electrons. The maximum Gasteiger partial charge on any atom is 0.408 e. The first-order valence-electron chi connectivity index (χ1n) is 9.30. The monoisotopic (exact) mass is 343 g/mol. The van der Waals surface area contributed by atoms with E-state index in [2.05, 4.69) is 5.32 Å². The van der Waals surface area contributed by atoms with Gasteiger partial charge in [0.1, 0.15) is 12.6 Å². The molecule has 0 radical (unpaired) electrons. The number of hydrogen-bond acceptors (Lipinski definition) is 3. The van der Waals surface area contributed by atoms with Gasteiger partial charge < -0.3 is 15.2 Å². The molecule has 4 saturated carbocycles. The first-order chi connectivity index (χ1) is 12.1. The van der Waals surface area contributed by atoms with Crippen molar-refractivity contribution in [3.8, 4) is 0 Å². The third-order valence-electron chi connectivity index (χ3n) is 6.44. The number of aliphatic carboxylic acids is 1. The molecule has 0 heterocycles. The van der Waals surface area contributed by atoms with Gasteiger partial charge in [-0.15, -0.1) is 0 Å². The smallest absolute Gasteiger partial charge is 0.408 e. The van der Waals surface area contributed by atoms with E-state index in [0.717, 1.165) is 43.1 Å². The van der Waals surface area contributed by atoms with Crippen molar-refractivity contribution in [2.75, 3.05) is 0 Å². The van der Waals surface area contributed by atoms with Crippen LogP contribution in [0.2, 0.25) is 0 Å². The van der Waals surface area contributed by atoms with Crippen molar-refractivity contribution < 1.29 is 19.4 Å². The molecule has 4 aliphatic rings. The van der Waals surface area contributed by atoms with Crippen molar-refractivity contribution in [1.29, 1.82) is 0 Å². The Labute approximate surface area is 147 Å². The fourth-order valence-corrected chi connectivity index (χ4v) is 5.73. The molecule has 1 unspecified atom stereocenters. The van der Waals surface area contributed by atoms with Gasteiger partial charge in [-0.05, 0) is 67.3 Å². The van der Waals surface area contributed by atoms with Crippen LogP contribution in [0.15, 0.2) is 30.3 Å². The number of carbonyl (C=O) groups is 2. The summed E-state index contributed by atoms with van der Waals surface area (Å²) in [6, 6.07) is 8.57. The zero-order chi connectivity index (χ0) is 17.4. The molecular formula is C20H25NO4. The van der Waals surface area contributed by atoms with Crippen LogP contribution in [0.1, 0.15) is 37.7 Å². The van der Waals surface area contributed by atoms with Gasteiger partial charge in [-0.1, -0.05) is 30.3 Å². The molecule has 0 aromatic heterocycles. The van der Waals surface area contributed by atoms with E-state index in [1.165, 1.54) is 6.42 Å². The molecule has 1 atom stereocenters. The highest BCUT2D eigenvalue weighted by molar-refractivity contribution is 5.80. The standard InChI is InChI=1S/C20H25NO4/c22-19(23)18(21-20(24)25-11-12-4-2-1-3-5-12)17-15-7-13-6-14(9-15)10-16(17)8-13/h1-5,13-18H,6-11H2,(H,21,24)(H,22,23). The number of carboxylic acids is 1. The van der Waals surface area contributed by atoms with Crippen molar-refractivity contribution >= 4 is 12.1 Å². The number of carboxylic acid groups (broad SMARTS) is 1. The van der Waals surface area contributed by atoms with Gasteiger partial charge in [0.2, 0.25) is 0 Å². The number of amides is 1. The molecule has 1 aromatic carbocycles. The van der Waals surface area contributed by atoms with Gasteiger partial charge in [0, 0.05) is 0 Å². The Morgan fingerprint density at radius 3 is 2.20 bits per heavy atom. The average Bonchev–Trinajstić information content (AvgIpc) is 2.59. The summed E-state index contributed by atoms with van der Waals surface area (Å²) in [7, 11) is 0. The Bertz CT molecular complexity index is 616. The summed E-state index contributed by atoms with van der Waals surface area (Å²) >= 11 is 0. The summed E-state index contributed by atoms with van der Waals surface area (Å²) in [5.74, 6) is 1.54. The molecule has 25 heavy (non-hydrogen) atoms. The topological polar surface area (TPSA) is 75.6 Å². The van der Waals surface area contributed by atoms with Gasteiger partial charge in [0.05, 0.1) is 0 Å². The van der Waals surface area contributed by atoms with E-state index < -0.39 is 18.1 Å². The molecule has 1 aromatic rings. The lowest BCUT2D eigenvalue weighted by Crippen LogP contribution is -2.56. The van der Waals surface area contributed by atoms with E-state index in [1.807, 2.05) is 30.3 Å². The van der Waals surface area contributed by atoms with Crippen molar-refractivity contribution in [3.63, 3.8) is 0 Å². The zero-order valence-electron chi connectivity index (χ0n) is 14.3. The van der Waals surface area contributed by atoms with E-state index >= 15 is 0 Å². The SMILES string of the molecule is O=C(NC(C(=O)O)C1C2CC3CC(C2)CC1C3)OCc1ccccc1. The van der Waals surface area contributed by atoms with Crippen LogP contribution in [-0.2, 0) is 16.1 Å². The third-order valence-corrected chi connectivity index (χ3v) is 6.44. The van der Waals surface area contributed by atoms with Crippen molar-refractivity contribution in [3.05, 3.63) is 35.9 Å². The van der Waals surface area contributed by atoms with E-state index in [4.69, 9.17) is 4.74 Å². The second-order valence-electron chi connectivity index (χ2n) is 8.03. The molecule has 4 bridgehead atoms. The maximum absolute atomic E-state index is 12.2. The lowest BCUT2D eigenvalue weighted by atomic mass is 9.50. The van der Waals surface area contributed by atoms with Gasteiger partial charge >= 0.3 is 12.1 Å². The summed E-state index contributed by atoms with van der Waals surface area (Å²) in [4.78, 5) is 24.0. The van der Waals surface area contributed by atoms with Crippen LogP contribution in [0.25, 0.3) is 0 Å². The van der Waals surface area contributed by atoms with Gasteiger partial charge in [-0.25, -0.2) is 9.59 Å². The number of hydrogen-bond donors (Lipinski definition) is 2. The normalized spacial score (nSPS) is 33.7. The Hall–Kier alpha value is -2.04. The fraction of sp³-hybridized carbons (Fsp3) is 0.600. The minimum atomic E-state index is -0.936. The summed E-state index contributed by atoms with van der Waals surface area (Å²) in [6.07, 6.45) is 5.20. The highest BCUT2D eigenvalue weighted by atomic mass is 16.5. The minimum absolute atomic E-state index is 0.0505. The predicted molar refractivity (Wildman–Crippen MR) is 91.7 cm³/mol. The maximum atomic E-state index is 12.2. The number of rotatable bonds is 5. The Kier molecular flexibility index (Phi) is 4.40. The van der Waals surface area contributed by atoms with Gasteiger partial charge in [-0.2, -0.15) is 0 Å². The average molecular weight is 343 g/mol. The Morgan fingerprint density at radius 1 is 1.04 bits per heavy atom. The van der Waals surface area contributed by atoms with Crippen LogP contribution < -0.4 is 5.32 Å². The number of carbonyl (C=O) groups excluding carboxylic acids is 1. The summed E-state index contributed by atoms with van der Waals surface area (Å²) in [5, 5.41) is 12.4. The Balaban J connectivity index is 1.40. The quantitative estimate of drug-likeness (QED) is 0.859. The largest absolute Gasteiger partial charge is 0.480 e. The van der Waals surface area contributed by atoms with Crippen molar-refractivity contribution in [1.82, 2.24) is 5.32 Å². The van der Waals surface area contributed by atoms with Crippen molar-refractivity contribution in [2.24, 2.45) is 29.6 Å². The van der Waals surface area contributed by atoms with Gasteiger partial charge in [0.15, 0.2) is 0 Å². The first-order valence-corrected chi connectivity index (χ1v) is 9.30. The first kappa shape index (κ1) is 16.4. The van der Waals surface area contributed by atoms with E-state index in [-0.39, 0.29) is 12.5 Å².